The molecule has 24 heavy (non-hydrogen) atoms. The van der Waals surface area contributed by atoms with Crippen LogP contribution in [0, 0.1) is 0 Å². The van der Waals surface area contributed by atoms with Gasteiger partial charge in [-0.25, -0.2) is 0 Å². The summed E-state index contributed by atoms with van der Waals surface area (Å²) >= 11 is 0. The van der Waals surface area contributed by atoms with E-state index in [1.807, 2.05) is 0 Å². The van der Waals surface area contributed by atoms with Crippen LogP contribution < -0.4 is 0 Å². The van der Waals surface area contributed by atoms with Crippen LogP contribution in [0.4, 0.5) is 0 Å². The number of carbonyl (C=O) groups is 1. The summed E-state index contributed by atoms with van der Waals surface area (Å²) in [5.74, 6) is -0.151. The number of esters is 1. The number of hydrogen-bond donors (Lipinski definition) is 3. The van der Waals surface area contributed by atoms with Crippen molar-refractivity contribution in [2.45, 2.75) is 102 Å². The molecule has 0 saturated heterocycles. The van der Waals surface area contributed by atoms with E-state index in [2.05, 4.69) is 4.74 Å². The maximum Gasteiger partial charge on any atom is 0.305 e. The van der Waals surface area contributed by atoms with E-state index in [-0.39, 0.29) is 12.6 Å². The van der Waals surface area contributed by atoms with Gasteiger partial charge >= 0.3 is 5.97 Å². The monoisotopic (exact) mass is 346 g/mol. The average molecular weight is 347 g/mol. The number of carbonyl (C=O) groups excluding carboxylic acids is 1. The van der Waals surface area contributed by atoms with E-state index < -0.39 is 12.2 Å². The van der Waals surface area contributed by atoms with Gasteiger partial charge in [-0.05, 0) is 25.7 Å². The zero-order valence-electron chi connectivity index (χ0n) is 15.4. The molecule has 0 fully saturated rings. The van der Waals surface area contributed by atoms with Gasteiger partial charge in [-0.3, -0.25) is 4.79 Å². The van der Waals surface area contributed by atoms with Crippen LogP contribution in [0.5, 0.6) is 0 Å². The van der Waals surface area contributed by atoms with Crippen molar-refractivity contribution in [3.8, 4) is 0 Å². The highest BCUT2D eigenvalue weighted by atomic mass is 16.5. The van der Waals surface area contributed by atoms with Crippen LogP contribution in [0.2, 0.25) is 0 Å². The van der Waals surface area contributed by atoms with E-state index >= 15 is 0 Å². The summed E-state index contributed by atoms with van der Waals surface area (Å²) in [6.07, 6.45) is 11.7. The van der Waals surface area contributed by atoms with Crippen LogP contribution in [-0.2, 0) is 9.53 Å². The summed E-state index contributed by atoms with van der Waals surface area (Å²) in [6.45, 7) is 0.274. The van der Waals surface area contributed by atoms with Gasteiger partial charge in [0.2, 0.25) is 0 Å². The van der Waals surface area contributed by atoms with Crippen molar-refractivity contribution in [1.29, 1.82) is 0 Å². The lowest BCUT2D eigenvalue weighted by Crippen LogP contribution is -2.25. The third-order valence-electron chi connectivity index (χ3n) is 4.46. The van der Waals surface area contributed by atoms with E-state index in [9.17, 15) is 15.0 Å². The van der Waals surface area contributed by atoms with Gasteiger partial charge in [0.05, 0.1) is 19.3 Å². The molecular formula is C19H38O5. The molecule has 0 heterocycles. The number of aliphatic hydroxyl groups is 3. The fourth-order valence-electron chi connectivity index (χ4n) is 2.81. The minimum absolute atomic E-state index is 0.151. The number of ether oxygens (including phenoxy) is 1. The minimum atomic E-state index is -0.616. The number of rotatable bonds is 17. The van der Waals surface area contributed by atoms with Crippen LogP contribution in [-0.4, -0.2) is 47.2 Å². The van der Waals surface area contributed by atoms with Gasteiger partial charge in [-0.2, -0.15) is 0 Å². The van der Waals surface area contributed by atoms with E-state index in [1.54, 1.807) is 0 Å². The molecule has 0 aromatic carbocycles. The van der Waals surface area contributed by atoms with Crippen LogP contribution in [0.25, 0.3) is 0 Å². The highest BCUT2D eigenvalue weighted by Crippen LogP contribution is 2.15. The number of methoxy groups -OCH3 is 1. The summed E-state index contributed by atoms with van der Waals surface area (Å²) < 4.78 is 4.59. The maximum absolute atomic E-state index is 10.9. The predicted molar refractivity (Wildman–Crippen MR) is 95.8 cm³/mol. The zero-order chi connectivity index (χ0) is 18.0. The largest absolute Gasteiger partial charge is 0.469 e. The molecule has 0 aliphatic rings. The smallest absolute Gasteiger partial charge is 0.305 e. The highest BCUT2D eigenvalue weighted by Gasteiger charge is 2.15. The summed E-state index contributed by atoms with van der Waals surface area (Å²) in [4.78, 5) is 10.9. The number of aliphatic hydroxyl groups excluding tert-OH is 3. The molecule has 0 spiro atoms. The Hall–Kier alpha value is -0.650. The van der Waals surface area contributed by atoms with Crippen LogP contribution in [0.3, 0.4) is 0 Å². The number of hydrogen-bond acceptors (Lipinski definition) is 5. The quantitative estimate of drug-likeness (QED) is 0.278. The fraction of sp³-hybridized carbons (Fsp3) is 0.947. The fourth-order valence-corrected chi connectivity index (χ4v) is 2.81. The molecular weight excluding hydrogens is 308 g/mol. The van der Waals surface area contributed by atoms with E-state index in [0.29, 0.717) is 19.3 Å². The van der Waals surface area contributed by atoms with Crippen molar-refractivity contribution in [3.63, 3.8) is 0 Å². The van der Waals surface area contributed by atoms with Crippen molar-refractivity contribution in [2.24, 2.45) is 0 Å². The molecule has 0 aromatic rings. The van der Waals surface area contributed by atoms with Crippen LogP contribution in [0.15, 0.2) is 0 Å². The standard InChI is InChI=1S/C19H38O5/c1-24-19(23)15-11-7-4-6-10-14-18(22)17(21)13-9-5-2-3-8-12-16-20/h17-18,20-22H,2-16H2,1H3/t17-,18-/m0/s1. The topological polar surface area (TPSA) is 87.0 Å². The first-order valence-electron chi connectivity index (χ1n) is 9.65. The molecule has 5 heteroatoms. The first-order valence-corrected chi connectivity index (χ1v) is 9.65. The Morgan fingerprint density at radius 2 is 1.17 bits per heavy atom. The first-order chi connectivity index (χ1) is 11.6. The Labute approximate surface area is 147 Å². The lowest BCUT2D eigenvalue weighted by atomic mass is 9.99. The van der Waals surface area contributed by atoms with Crippen molar-refractivity contribution in [1.82, 2.24) is 0 Å². The lowest BCUT2D eigenvalue weighted by Gasteiger charge is -2.17. The molecule has 0 bridgehead atoms. The molecule has 3 N–H and O–H groups in total. The van der Waals surface area contributed by atoms with Crippen molar-refractivity contribution < 1.29 is 24.9 Å². The molecule has 0 rings (SSSR count). The molecule has 2 atom stereocenters. The van der Waals surface area contributed by atoms with Gasteiger partial charge in [0, 0.05) is 13.0 Å². The molecule has 0 aliphatic carbocycles. The molecule has 0 radical (unpaired) electrons. The minimum Gasteiger partial charge on any atom is -0.469 e. The Kier molecular flexibility index (Phi) is 16.7. The van der Waals surface area contributed by atoms with Gasteiger partial charge in [0.15, 0.2) is 0 Å². The molecule has 0 unspecified atom stereocenters. The maximum atomic E-state index is 10.9. The molecule has 5 nitrogen and oxygen atoms in total. The highest BCUT2D eigenvalue weighted by molar-refractivity contribution is 5.68. The average Bonchev–Trinajstić information content (AvgIpc) is 2.59. The second-order valence-corrected chi connectivity index (χ2v) is 6.65. The van der Waals surface area contributed by atoms with Crippen molar-refractivity contribution >= 4 is 5.97 Å². The predicted octanol–water partition coefficient (Wildman–Crippen LogP) is 3.33. The van der Waals surface area contributed by atoms with Crippen molar-refractivity contribution in [2.75, 3.05) is 13.7 Å². The Bertz CT molecular complexity index is 283. The van der Waals surface area contributed by atoms with Gasteiger partial charge in [-0.15, -0.1) is 0 Å². The van der Waals surface area contributed by atoms with E-state index in [1.165, 1.54) is 7.11 Å². The summed E-state index contributed by atoms with van der Waals surface area (Å²) in [7, 11) is 1.41. The lowest BCUT2D eigenvalue weighted by molar-refractivity contribution is -0.140. The third kappa shape index (κ3) is 14.9. The molecule has 0 aromatic heterocycles. The molecule has 0 amide bonds. The van der Waals surface area contributed by atoms with E-state index in [4.69, 9.17) is 5.11 Å². The van der Waals surface area contributed by atoms with Crippen LogP contribution in [0.1, 0.15) is 89.9 Å². The molecule has 0 saturated carbocycles. The molecule has 0 aliphatic heterocycles. The SMILES string of the molecule is COC(=O)CCCCCCC[C@H](O)[C@@H](O)CCCCCCCCO. The van der Waals surface area contributed by atoms with Crippen molar-refractivity contribution in [3.05, 3.63) is 0 Å². The van der Waals surface area contributed by atoms with Gasteiger partial charge in [0.1, 0.15) is 0 Å². The second-order valence-electron chi connectivity index (χ2n) is 6.65. The van der Waals surface area contributed by atoms with Crippen LogP contribution >= 0.6 is 0 Å². The van der Waals surface area contributed by atoms with Gasteiger partial charge < -0.3 is 20.1 Å². The Balaban J connectivity index is 3.39. The summed E-state index contributed by atoms with van der Waals surface area (Å²) in [6, 6.07) is 0. The summed E-state index contributed by atoms with van der Waals surface area (Å²) in [5, 5.41) is 28.6. The summed E-state index contributed by atoms with van der Waals surface area (Å²) in [5.41, 5.74) is 0. The zero-order valence-corrected chi connectivity index (χ0v) is 15.4. The Morgan fingerprint density at radius 1 is 0.750 bits per heavy atom. The normalized spacial score (nSPS) is 13.7. The number of unbranched alkanes of at least 4 members (excludes halogenated alkanes) is 9. The first kappa shape index (κ1) is 23.4. The third-order valence-corrected chi connectivity index (χ3v) is 4.46. The molecule has 144 valence electrons. The van der Waals surface area contributed by atoms with E-state index in [0.717, 1.165) is 70.6 Å². The van der Waals surface area contributed by atoms with Gasteiger partial charge in [-0.1, -0.05) is 57.8 Å². The second kappa shape index (κ2) is 17.2. The van der Waals surface area contributed by atoms with Gasteiger partial charge in [0.25, 0.3) is 0 Å². The Morgan fingerprint density at radius 3 is 1.62 bits per heavy atom.